The van der Waals surface area contributed by atoms with E-state index in [0.717, 1.165) is 91.0 Å². The van der Waals surface area contributed by atoms with Crippen LogP contribution in [0.5, 0.6) is 11.5 Å². The number of hydrogen-bond acceptors (Lipinski definition) is 9. The quantitative estimate of drug-likeness (QED) is 0.0911. The fraction of sp³-hybridized carbons (Fsp3) is 0.537. The number of rotatable bonds is 18. The Labute approximate surface area is 301 Å². The van der Waals surface area contributed by atoms with Crippen molar-refractivity contribution in [3.63, 3.8) is 0 Å². The maximum Gasteiger partial charge on any atom is 0.231 e. The molecule has 0 amide bonds. The number of thioether (sulfide) groups is 1. The molecule has 7 atom stereocenters. The zero-order valence-corrected chi connectivity index (χ0v) is 29.9. The Morgan fingerprint density at radius 2 is 1.76 bits per heavy atom. The Bertz CT molecular complexity index is 1470. The Morgan fingerprint density at radius 3 is 2.50 bits per heavy atom. The summed E-state index contributed by atoms with van der Waals surface area (Å²) in [4.78, 5) is 7.33. The molecule has 2 N–H and O–H groups in total. The SMILES string of the molecule is C=CCOc1ccc2c(c1)[C@H]1[C@H](CCCCO)[C@@H](CCCCO)C=C3C(=NOC4CCCCO4)C[C@H](Sc4ccccc4)[C@@](OCC=C)(O2)[C@H]31. The van der Waals surface area contributed by atoms with Crippen LogP contribution < -0.4 is 9.47 Å². The number of hydrogen-bond donors (Lipinski definition) is 2. The van der Waals surface area contributed by atoms with Gasteiger partial charge in [-0.1, -0.05) is 61.0 Å². The number of nitrogens with zero attached hydrogens (tertiary/aromatic N) is 1. The number of benzene rings is 2. The number of ether oxygens (including phenoxy) is 4. The summed E-state index contributed by atoms with van der Waals surface area (Å²) in [5.41, 5.74) is 3.12. The second-order valence-electron chi connectivity index (χ2n) is 13.7. The minimum Gasteiger partial charge on any atom is -0.490 e. The van der Waals surface area contributed by atoms with Crippen molar-refractivity contribution in [2.24, 2.45) is 22.9 Å². The summed E-state index contributed by atoms with van der Waals surface area (Å²) in [5.74, 6) is 0.773. The summed E-state index contributed by atoms with van der Waals surface area (Å²) in [5, 5.41) is 24.3. The van der Waals surface area contributed by atoms with Gasteiger partial charge in [0.2, 0.25) is 12.1 Å². The molecule has 50 heavy (non-hydrogen) atoms. The Morgan fingerprint density at radius 1 is 0.960 bits per heavy atom. The van der Waals surface area contributed by atoms with Crippen LogP contribution in [0.3, 0.4) is 0 Å². The van der Waals surface area contributed by atoms with Crippen molar-refractivity contribution >= 4 is 17.5 Å². The highest BCUT2D eigenvalue weighted by molar-refractivity contribution is 8.00. The summed E-state index contributed by atoms with van der Waals surface area (Å²) in [6.07, 6.45) is 14.3. The lowest BCUT2D eigenvalue weighted by Crippen LogP contribution is -2.64. The molecule has 1 unspecified atom stereocenters. The molecule has 2 heterocycles. The molecule has 0 spiro atoms. The van der Waals surface area contributed by atoms with Gasteiger partial charge in [0, 0.05) is 42.4 Å². The largest absolute Gasteiger partial charge is 0.490 e. The van der Waals surface area contributed by atoms with Crippen LogP contribution in [0.25, 0.3) is 0 Å². The van der Waals surface area contributed by atoms with Gasteiger partial charge >= 0.3 is 0 Å². The van der Waals surface area contributed by atoms with E-state index in [2.05, 4.69) is 49.6 Å². The van der Waals surface area contributed by atoms with Gasteiger partial charge in [0.25, 0.3) is 0 Å². The van der Waals surface area contributed by atoms with Crippen LogP contribution >= 0.6 is 11.8 Å². The highest BCUT2D eigenvalue weighted by Gasteiger charge is 2.64. The standard InChI is InChI=1S/C41H53NO7S/c1-3-23-45-30-19-20-36-34(27-30)39-32(17-9-12-22-44)29(14-8-11-21-43)26-33-35(42-49-38-18-10-13-25-46-38)28-37(50-31-15-6-5-7-16-31)41(48-36,40(33)39)47-24-4-2/h3-7,15-16,19-20,26-27,29,32,37-40,43-44H,1-2,8-14,17-18,21-25,28H2/t29-,32+,37-,38?,39+,40+,41+/m0/s1. The number of aliphatic hydroxyl groups excluding tert-OH is 2. The zero-order chi connectivity index (χ0) is 34.8. The zero-order valence-electron chi connectivity index (χ0n) is 29.1. The smallest absolute Gasteiger partial charge is 0.231 e. The molecule has 0 radical (unpaired) electrons. The first-order valence-corrected chi connectivity index (χ1v) is 19.3. The molecule has 9 heteroatoms. The lowest BCUT2D eigenvalue weighted by Gasteiger charge is -2.58. The average molecular weight is 704 g/mol. The van der Waals surface area contributed by atoms with E-state index in [9.17, 15) is 10.2 Å². The van der Waals surface area contributed by atoms with Crippen molar-refractivity contribution in [1.82, 2.24) is 0 Å². The first-order chi connectivity index (χ1) is 24.6. The third kappa shape index (κ3) is 8.18. The number of oxime groups is 1. The number of unbranched alkanes of at least 4 members (excludes halogenated alkanes) is 2. The highest BCUT2D eigenvalue weighted by Crippen LogP contribution is 2.63. The molecule has 2 aliphatic heterocycles. The molecular formula is C41H53NO7S. The third-order valence-electron chi connectivity index (χ3n) is 10.4. The molecule has 2 aromatic rings. The van der Waals surface area contributed by atoms with E-state index in [1.165, 1.54) is 0 Å². The van der Waals surface area contributed by atoms with Crippen LogP contribution in [0.4, 0.5) is 0 Å². The van der Waals surface area contributed by atoms with Gasteiger partial charge in [-0.3, -0.25) is 0 Å². The van der Waals surface area contributed by atoms with Crippen molar-refractivity contribution in [3.05, 3.63) is 91.1 Å². The normalized spacial score (nSPS) is 29.2. The number of fused-ring (bicyclic) bond motifs is 2. The van der Waals surface area contributed by atoms with Crippen molar-refractivity contribution in [3.8, 4) is 11.5 Å². The van der Waals surface area contributed by atoms with Gasteiger partial charge in [-0.25, -0.2) is 0 Å². The third-order valence-corrected chi connectivity index (χ3v) is 11.8. The van der Waals surface area contributed by atoms with E-state index in [1.54, 1.807) is 23.9 Å². The lowest BCUT2D eigenvalue weighted by atomic mass is 9.56. The average Bonchev–Trinajstić information content (AvgIpc) is 3.15. The van der Waals surface area contributed by atoms with E-state index in [-0.39, 0.29) is 48.4 Å². The van der Waals surface area contributed by atoms with E-state index < -0.39 is 5.79 Å². The summed E-state index contributed by atoms with van der Waals surface area (Å²) in [6, 6.07) is 16.6. The van der Waals surface area contributed by atoms with E-state index in [1.807, 2.05) is 18.2 Å². The fourth-order valence-corrected chi connectivity index (χ4v) is 9.56. The molecule has 1 saturated heterocycles. The number of allylic oxidation sites excluding steroid dienone is 1. The van der Waals surface area contributed by atoms with Crippen molar-refractivity contribution in [2.75, 3.05) is 33.0 Å². The van der Waals surface area contributed by atoms with Gasteiger partial charge in [-0.2, -0.15) is 0 Å². The van der Waals surface area contributed by atoms with Gasteiger partial charge < -0.3 is 34.0 Å². The molecule has 8 nitrogen and oxygen atoms in total. The minimum absolute atomic E-state index is 0.00368. The molecule has 6 rings (SSSR count). The monoisotopic (exact) mass is 703 g/mol. The fourth-order valence-electron chi connectivity index (χ4n) is 8.25. The van der Waals surface area contributed by atoms with E-state index >= 15 is 0 Å². The molecular weight excluding hydrogens is 651 g/mol. The summed E-state index contributed by atoms with van der Waals surface area (Å²) in [6.45, 7) is 9.62. The van der Waals surface area contributed by atoms with Crippen LogP contribution in [0, 0.1) is 17.8 Å². The Kier molecular flexibility index (Phi) is 13.1. The maximum absolute atomic E-state index is 9.83. The second kappa shape index (κ2) is 17.9. The van der Waals surface area contributed by atoms with Crippen molar-refractivity contribution < 1.29 is 34.0 Å². The molecule has 2 fully saturated rings. The van der Waals surface area contributed by atoms with Gasteiger partial charge in [-0.15, -0.1) is 18.3 Å². The number of aliphatic hydroxyl groups is 2. The van der Waals surface area contributed by atoms with Crippen LogP contribution in [0.2, 0.25) is 0 Å². The van der Waals surface area contributed by atoms with Gasteiger partial charge in [0.15, 0.2) is 0 Å². The molecule has 2 aromatic carbocycles. The van der Waals surface area contributed by atoms with Gasteiger partial charge in [-0.05, 0) is 86.3 Å². The van der Waals surface area contributed by atoms with Gasteiger partial charge in [0.05, 0.1) is 30.1 Å². The maximum atomic E-state index is 9.83. The van der Waals surface area contributed by atoms with Crippen LogP contribution in [-0.4, -0.2) is 66.3 Å². The summed E-state index contributed by atoms with van der Waals surface area (Å²) in [7, 11) is 0. The van der Waals surface area contributed by atoms with Crippen LogP contribution in [0.15, 0.2) is 95.5 Å². The molecule has 1 saturated carbocycles. The topological polar surface area (TPSA) is 99.0 Å². The Hall–Kier alpha value is -3.08. The van der Waals surface area contributed by atoms with E-state index in [0.29, 0.717) is 26.2 Å². The molecule has 270 valence electrons. The predicted octanol–water partition coefficient (Wildman–Crippen LogP) is 8.20. The molecule has 0 bridgehead atoms. The van der Waals surface area contributed by atoms with Gasteiger partial charge in [0.1, 0.15) is 18.1 Å². The van der Waals surface area contributed by atoms with Crippen molar-refractivity contribution in [1.29, 1.82) is 0 Å². The summed E-state index contributed by atoms with van der Waals surface area (Å²) < 4.78 is 26.3. The summed E-state index contributed by atoms with van der Waals surface area (Å²) >= 11 is 1.76. The lowest BCUT2D eigenvalue weighted by molar-refractivity contribution is -0.223. The first kappa shape index (κ1) is 36.7. The molecule has 0 aromatic heterocycles. The Balaban J connectivity index is 1.54. The first-order valence-electron chi connectivity index (χ1n) is 18.4. The molecule has 2 aliphatic carbocycles. The van der Waals surface area contributed by atoms with Crippen molar-refractivity contribution in [2.45, 2.75) is 92.3 Å². The predicted molar refractivity (Wildman–Crippen MR) is 198 cm³/mol. The highest BCUT2D eigenvalue weighted by atomic mass is 32.2. The molecule has 4 aliphatic rings. The minimum atomic E-state index is -1.03. The van der Waals surface area contributed by atoms with E-state index in [4.69, 9.17) is 28.9 Å². The second-order valence-corrected chi connectivity index (χ2v) is 15.0. The van der Waals surface area contributed by atoms with Crippen LogP contribution in [-0.2, 0) is 14.3 Å². The van der Waals surface area contributed by atoms with Crippen LogP contribution in [0.1, 0.15) is 75.7 Å².